The number of aliphatic carboxylic acids is 1. The van der Waals surface area contributed by atoms with Crippen LogP contribution < -0.4 is 5.32 Å². The first-order valence-electron chi connectivity index (χ1n) is 5.05. The van der Waals surface area contributed by atoms with Gasteiger partial charge in [-0.05, 0) is 18.8 Å². The van der Waals surface area contributed by atoms with Gasteiger partial charge in [0, 0.05) is 12.2 Å². The maximum Gasteiger partial charge on any atom is 0.333 e. The van der Waals surface area contributed by atoms with Gasteiger partial charge in [0.25, 0.3) is 0 Å². The zero-order chi connectivity index (χ0) is 12.1. The first-order valence-corrected chi connectivity index (χ1v) is 5.05. The van der Waals surface area contributed by atoms with Crippen molar-refractivity contribution in [2.75, 3.05) is 6.54 Å². The van der Waals surface area contributed by atoms with Crippen LogP contribution in [0.25, 0.3) is 0 Å². The lowest BCUT2D eigenvalue weighted by atomic mass is 9.89. The number of rotatable bonds is 5. The molecule has 0 aliphatic heterocycles. The number of carboxylic acids is 1. The van der Waals surface area contributed by atoms with E-state index < -0.39 is 5.97 Å². The summed E-state index contributed by atoms with van der Waals surface area (Å²) >= 11 is 0. The lowest BCUT2D eigenvalue weighted by Crippen LogP contribution is -2.22. The van der Waals surface area contributed by atoms with Crippen molar-refractivity contribution in [3.8, 4) is 0 Å². The zero-order valence-corrected chi connectivity index (χ0v) is 10.1. The highest BCUT2D eigenvalue weighted by atomic mass is 16.4. The highest BCUT2D eigenvalue weighted by Gasteiger charge is 2.17. The van der Waals surface area contributed by atoms with Crippen molar-refractivity contribution in [3.05, 3.63) is 23.9 Å². The van der Waals surface area contributed by atoms with Gasteiger partial charge in [0.15, 0.2) is 0 Å². The van der Waals surface area contributed by atoms with Crippen LogP contribution in [0.2, 0.25) is 0 Å². The molecule has 15 heavy (non-hydrogen) atoms. The molecule has 0 saturated carbocycles. The van der Waals surface area contributed by atoms with Crippen LogP contribution in [-0.4, -0.2) is 17.6 Å². The Balaban J connectivity index is 4.80. The Morgan fingerprint density at radius 3 is 2.33 bits per heavy atom. The van der Waals surface area contributed by atoms with Gasteiger partial charge < -0.3 is 10.4 Å². The van der Waals surface area contributed by atoms with E-state index in [1.54, 1.807) is 13.0 Å². The van der Waals surface area contributed by atoms with Gasteiger partial charge in [-0.3, -0.25) is 0 Å². The summed E-state index contributed by atoms with van der Waals surface area (Å²) < 4.78 is 0. The molecule has 0 saturated heterocycles. The van der Waals surface area contributed by atoms with E-state index in [0.29, 0.717) is 12.1 Å². The monoisotopic (exact) mass is 211 g/mol. The molecule has 0 bridgehead atoms. The number of nitrogens with one attached hydrogen (secondary N) is 1. The van der Waals surface area contributed by atoms with Crippen LogP contribution >= 0.6 is 0 Å². The summed E-state index contributed by atoms with van der Waals surface area (Å²) in [4.78, 5) is 10.9. The molecule has 0 atom stereocenters. The molecular formula is C12H21NO2. The van der Waals surface area contributed by atoms with Crippen molar-refractivity contribution in [1.82, 2.24) is 5.32 Å². The molecule has 0 aliphatic rings. The third-order valence-electron chi connectivity index (χ3n) is 1.94. The van der Waals surface area contributed by atoms with E-state index in [9.17, 15) is 4.79 Å². The SMILES string of the molecule is C=CCNC(CC(C)(C)C)=C(C)C(=O)O. The van der Waals surface area contributed by atoms with E-state index in [-0.39, 0.29) is 5.41 Å². The van der Waals surface area contributed by atoms with Crippen molar-refractivity contribution in [3.63, 3.8) is 0 Å². The quantitative estimate of drug-likeness (QED) is 0.542. The average molecular weight is 211 g/mol. The molecule has 3 nitrogen and oxygen atoms in total. The van der Waals surface area contributed by atoms with Gasteiger partial charge in [-0.15, -0.1) is 6.58 Å². The lowest BCUT2D eigenvalue weighted by Gasteiger charge is -2.22. The van der Waals surface area contributed by atoms with Gasteiger partial charge in [0.1, 0.15) is 0 Å². The fourth-order valence-corrected chi connectivity index (χ4v) is 1.18. The molecule has 0 aromatic heterocycles. The lowest BCUT2D eigenvalue weighted by molar-refractivity contribution is -0.132. The van der Waals surface area contributed by atoms with Gasteiger partial charge in [-0.25, -0.2) is 4.79 Å². The molecular weight excluding hydrogens is 190 g/mol. The maximum atomic E-state index is 10.9. The molecule has 0 fully saturated rings. The van der Waals surface area contributed by atoms with E-state index in [0.717, 1.165) is 12.1 Å². The number of hydrogen-bond acceptors (Lipinski definition) is 2. The largest absolute Gasteiger partial charge is 0.478 e. The summed E-state index contributed by atoms with van der Waals surface area (Å²) in [6.45, 7) is 12.1. The average Bonchev–Trinajstić information content (AvgIpc) is 2.09. The zero-order valence-electron chi connectivity index (χ0n) is 10.1. The summed E-state index contributed by atoms with van der Waals surface area (Å²) in [6.07, 6.45) is 2.44. The molecule has 86 valence electrons. The second-order valence-corrected chi connectivity index (χ2v) is 4.82. The number of carboxylic acid groups (broad SMARTS) is 1. The minimum Gasteiger partial charge on any atom is -0.478 e. The Labute approximate surface area is 91.9 Å². The topological polar surface area (TPSA) is 49.3 Å². The Kier molecular flexibility index (Phi) is 5.12. The third kappa shape index (κ3) is 5.94. The smallest absolute Gasteiger partial charge is 0.333 e. The first-order chi connectivity index (χ1) is 6.78. The van der Waals surface area contributed by atoms with Crippen LogP contribution in [0, 0.1) is 5.41 Å². The number of hydrogen-bond donors (Lipinski definition) is 2. The highest BCUT2D eigenvalue weighted by molar-refractivity contribution is 5.86. The van der Waals surface area contributed by atoms with Crippen LogP contribution in [-0.2, 0) is 4.79 Å². The predicted molar refractivity (Wildman–Crippen MR) is 62.6 cm³/mol. The molecule has 0 heterocycles. The molecule has 3 heteroatoms. The van der Waals surface area contributed by atoms with E-state index in [2.05, 4.69) is 32.7 Å². The minimum absolute atomic E-state index is 0.0697. The number of allylic oxidation sites excluding steroid dienone is 1. The fourth-order valence-electron chi connectivity index (χ4n) is 1.18. The summed E-state index contributed by atoms with van der Waals surface area (Å²) in [5.74, 6) is -0.870. The molecule has 0 rings (SSSR count). The summed E-state index contributed by atoms with van der Waals surface area (Å²) in [5, 5.41) is 12.0. The van der Waals surface area contributed by atoms with Crippen molar-refractivity contribution < 1.29 is 9.90 Å². The van der Waals surface area contributed by atoms with Crippen molar-refractivity contribution in [2.24, 2.45) is 5.41 Å². The minimum atomic E-state index is -0.870. The highest BCUT2D eigenvalue weighted by Crippen LogP contribution is 2.24. The van der Waals surface area contributed by atoms with Gasteiger partial charge in [-0.2, -0.15) is 0 Å². The predicted octanol–water partition coefficient (Wildman–Crippen LogP) is 2.56. The normalized spacial score (nSPS) is 13.1. The van der Waals surface area contributed by atoms with Crippen molar-refractivity contribution in [2.45, 2.75) is 34.1 Å². The van der Waals surface area contributed by atoms with Crippen LogP contribution in [0.5, 0.6) is 0 Å². The van der Waals surface area contributed by atoms with Crippen LogP contribution in [0.1, 0.15) is 34.1 Å². The Bertz CT molecular complexity index is 272. The molecule has 0 aromatic carbocycles. The van der Waals surface area contributed by atoms with Gasteiger partial charge in [0.05, 0.1) is 5.57 Å². The molecule has 0 amide bonds. The van der Waals surface area contributed by atoms with Crippen LogP contribution in [0.4, 0.5) is 0 Å². The molecule has 0 spiro atoms. The second-order valence-electron chi connectivity index (χ2n) is 4.82. The maximum absolute atomic E-state index is 10.9. The summed E-state index contributed by atoms with van der Waals surface area (Å²) in [7, 11) is 0. The second kappa shape index (κ2) is 5.59. The number of carbonyl (C=O) groups is 1. The molecule has 0 radical (unpaired) electrons. The van der Waals surface area contributed by atoms with Gasteiger partial charge in [-0.1, -0.05) is 26.8 Å². The standard InChI is InChI=1S/C12H21NO2/c1-6-7-13-10(8-12(3,4)5)9(2)11(14)15/h6,13H,1,7-8H2,2-5H3,(H,14,15). The van der Waals surface area contributed by atoms with Gasteiger partial charge in [0.2, 0.25) is 0 Å². The molecule has 0 aliphatic carbocycles. The van der Waals surface area contributed by atoms with Crippen molar-refractivity contribution in [1.29, 1.82) is 0 Å². The Morgan fingerprint density at radius 2 is 2.00 bits per heavy atom. The fraction of sp³-hybridized carbons (Fsp3) is 0.583. The van der Waals surface area contributed by atoms with Crippen LogP contribution in [0.15, 0.2) is 23.9 Å². The third-order valence-corrected chi connectivity index (χ3v) is 1.94. The first kappa shape index (κ1) is 13.8. The molecule has 2 N–H and O–H groups in total. The van der Waals surface area contributed by atoms with Gasteiger partial charge >= 0.3 is 5.97 Å². The molecule has 0 aromatic rings. The van der Waals surface area contributed by atoms with E-state index >= 15 is 0 Å². The summed E-state index contributed by atoms with van der Waals surface area (Å²) in [5.41, 5.74) is 1.24. The van der Waals surface area contributed by atoms with Crippen LogP contribution in [0.3, 0.4) is 0 Å². The summed E-state index contributed by atoms with van der Waals surface area (Å²) in [6, 6.07) is 0. The van der Waals surface area contributed by atoms with E-state index in [4.69, 9.17) is 5.11 Å². The molecule has 0 unspecified atom stereocenters. The van der Waals surface area contributed by atoms with Crippen molar-refractivity contribution >= 4 is 5.97 Å². The van der Waals surface area contributed by atoms with E-state index in [1.807, 2.05) is 0 Å². The Morgan fingerprint density at radius 1 is 1.47 bits per heavy atom. The van der Waals surface area contributed by atoms with E-state index in [1.165, 1.54) is 0 Å². The Hall–Kier alpha value is -1.25.